The second-order valence-corrected chi connectivity index (χ2v) is 7.94. The Bertz CT molecular complexity index is 903. The topological polar surface area (TPSA) is 113 Å². The fourth-order valence-electron chi connectivity index (χ4n) is 3.98. The number of nitrogens with zero attached hydrogens (tertiary/aromatic N) is 2. The van der Waals surface area contributed by atoms with E-state index in [1.54, 1.807) is 0 Å². The standard InChI is InChI=1S/C19H21FN4O4/c1-19(21)4-6-23(7-5-19)14-9-11-10(8-12(14)20)17(27)24(18(11)28)13-2-3-15(25)22-16(13)26/h8-9,13H,2-7,21H2,1H3,(H,22,25,26). The third-order valence-corrected chi connectivity index (χ3v) is 5.75. The van der Waals surface area contributed by atoms with Crippen LogP contribution in [0.3, 0.4) is 0 Å². The van der Waals surface area contributed by atoms with Crippen LogP contribution in [0.4, 0.5) is 10.1 Å². The summed E-state index contributed by atoms with van der Waals surface area (Å²) >= 11 is 0. The first-order chi connectivity index (χ1) is 13.2. The zero-order valence-electron chi connectivity index (χ0n) is 15.5. The van der Waals surface area contributed by atoms with E-state index in [0.29, 0.717) is 25.9 Å². The lowest BCUT2D eigenvalue weighted by Crippen LogP contribution is -2.54. The highest BCUT2D eigenvalue weighted by Gasteiger charge is 2.45. The van der Waals surface area contributed by atoms with Crippen molar-refractivity contribution in [2.24, 2.45) is 5.73 Å². The number of carbonyl (C=O) groups excluding carboxylic acids is 4. The van der Waals surface area contributed by atoms with Gasteiger partial charge in [-0.3, -0.25) is 29.4 Å². The van der Waals surface area contributed by atoms with Crippen LogP contribution in [0.2, 0.25) is 0 Å². The van der Waals surface area contributed by atoms with Crippen LogP contribution in [-0.2, 0) is 9.59 Å². The predicted molar refractivity (Wildman–Crippen MR) is 97.1 cm³/mol. The number of rotatable bonds is 2. The highest BCUT2D eigenvalue weighted by Crippen LogP contribution is 2.34. The van der Waals surface area contributed by atoms with Gasteiger partial charge in [0.25, 0.3) is 11.8 Å². The molecular weight excluding hydrogens is 367 g/mol. The maximum atomic E-state index is 14.7. The zero-order chi connectivity index (χ0) is 20.2. The first kappa shape index (κ1) is 18.5. The molecule has 3 N–H and O–H groups in total. The van der Waals surface area contributed by atoms with Gasteiger partial charge in [0.05, 0.1) is 16.8 Å². The molecule has 1 aromatic rings. The second kappa shape index (κ2) is 6.37. The SMILES string of the molecule is CC1(N)CCN(c2cc3c(cc2F)C(=O)N(C2CCC(=O)NC2=O)C3=O)CC1. The van der Waals surface area contributed by atoms with Gasteiger partial charge in [0, 0.05) is 25.0 Å². The lowest BCUT2D eigenvalue weighted by Gasteiger charge is -2.38. The van der Waals surface area contributed by atoms with Gasteiger partial charge in [-0.1, -0.05) is 0 Å². The van der Waals surface area contributed by atoms with Gasteiger partial charge >= 0.3 is 0 Å². The number of nitrogens with one attached hydrogen (secondary N) is 1. The van der Waals surface area contributed by atoms with E-state index in [1.165, 1.54) is 6.07 Å². The Morgan fingerprint density at radius 3 is 2.32 bits per heavy atom. The molecule has 1 aromatic carbocycles. The van der Waals surface area contributed by atoms with Gasteiger partial charge in [-0.2, -0.15) is 0 Å². The molecule has 0 aliphatic carbocycles. The Hall–Kier alpha value is -2.81. The van der Waals surface area contributed by atoms with E-state index < -0.39 is 35.5 Å². The van der Waals surface area contributed by atoms with E-state index in [0.717, 1.165) is 11.0 Å². The van der Waals surface area contributed by atoms with Gasteiger partial charge in [0.1, 0.15) is 11.9 Å². The monoisotopic (exact) mass is 388 g/mol. The van der Waals surface area contributed by atoms with Crippen molar-refractivity contribution in [3.8, 4) is 0 Å². The van der Waals surface area contributed by atoms with Crippen LogP contribution in [0.15, 0.2) is 12.1 Å². The lowest BCUT2D eigenvalue weighted by molar-refractivity contribution is -0.136. The molecule has 148 valence electrons. The number of carbonyl (C=O) groups is 4. The first-order valence-electron chi connectivity index (χ1n) is 9.27. The number of fused-ring (bicyclic) bond motifs is 1. The fraction of sp³-hybridized carbons (Fsp3) is 0.474. The zero-order valence-corrected chi connectivity index (χ0v) is 15.5. The van der Waals surface area contributed by atoms with Crippen LogP contribution >= 0.6 is 0 Å². The summed E-state index contributed by atoms with van der Waals surface area (Å²) in [6, 6.07) is 1.38. The Morgan fingerprint density at radius 1 is 1.11 bits per heavy atom. The van der Waals surface area contributed by atoms with Crippen molar-refractivity contribution in [1.82, 2.24) is 10.2 Å². The average Bonchev–Trinajstić information content (AvgIpc) is 2.85. The molecule has 0 bridgehead atoms. The number of benzene rings is 1. The van der Waals surface area contributed by atoms with Crippen molar-refractivity contribution in [3.05, 3.63) is 29.1 Å². The van der Waals surface area contributed by atoms with Crippen molar-refractivity contribution in [1.29, 1.82) is 0 Å². The maximum Gasteiger partial charge on any atom is 0.262 e. The molecule has 4 rings (SSSR count). The molecule has 0 radical (unpaired) electrons. The Balaban J connectivity index is 1.64. The highest BCUT2D eigenvalue weighted by molar-refractivity contribution is 6.23. The summed E-state index contributed by atoms with van der Waals surface area (Å²) in [5.74, 6) is -3.08. The fourth-order valence-corrected chi connectivity index (χ4v) is 3.98. The Morgan fingerprint density at radius 2 is 1.71 bits per heavy atom. The summed E-state index contributed by atoms with van der Waals surface area (Å²) in [6.07, 6.45) is 1.46. The van der Waals surface area contributed by atoms with Crippen LogP contribution < -0.4 is 16.0 Å². The van der Waals surface area contributed by atoms with Crippen molar-refractivity contribution in [2.75, 3.05) is 18.0 Å². The molecule has 2 fully saturated rings. The smallest absolute Gasteiger partial charge is 0.262 e. The molecule has 0 saturated carbocycles. The average molecular weight is 388 g/mol. The molecular formula is C19H21FN4O4. The molecule has 0 aromatic heterocycles. The minimum Gasteiger partial charge on any atom is -0.369 e. The van der Waals surface area contributed by atoms with E-state index in [-0.39, 0.29) is 35.2 Å². The molecule has 4 amide bonds. The quantitative estimate of drug-likeness (QED) is 0.716. The molecule has 3 heterocycles. The van der Waals surface area contributed by atoms with Crippen molar-refractivity contribution < 1.29 is 23.6 Å². The molecule has 3 aliphatic heterocycles. The van der Waals surface area contributed by atoms with Crippen LogP contribution in [0.1, 0.15) is 53.3 Å². The number of amides is 4. The van der Waals surface area contributed by atoms with Crippen LogP contribution in [-0.4, -0.2) is 53.2 Å². The molecule has 9 heteroatoms. The molecule has 28 heavy (non-hydrogen) atoms. The van der Waals surface area contributed by atoms with Crippen molar-refractivity contribution in [3.63, 3.8) is 0 Å². The van der Waals surface area contributed by atoms with Crippen molar-refractivity contribution >= 4 is 29.3 Å². The third-order valence-electron chi connectivity index (χ3n) is 5.75. The predicted octanol–water partition coefficient (Wildman–Crippen LogP) is 0.545. The van der Waals surface area contributed by atoms with Gasteiger partial charge in [0.15, 0.2) is 0 Å². The van der Waals surface area contributed by atoms with Gasteiger partial charge in [-0.05, 0) is 38.3 Å². The van der Waals surface area contributed by atoms with E-state index in [1.807, 2.05) is 11.8 Å². The molecule has 0 spiro atoms. The molecule has 3 aliphatic rings. The van der Waals surface area contributed by atoms with Crippen LogP contribution in [0.5, 0.6) is 0 Å². The number of hydrogen-bond acceptors (Lipinski definition) is 6. The minimum absolute atomic E-state index is 0.0368. The minimum atomic E-state index is -1.07. The summed E-state index contributed by atoms with van der Waals surface area (Å²) in [5, 5.41) is 2.14. The number of hydrogen-bond donors (Lipinski definition) is 2. The number of halogens is 1. The lowest BCUT2D eigenvalue weighted by atomic mass is 9.90. The molecule has 8 nitrogen and oxygen atoms in total. The van der Waals surface area contributed by atoms with Gasteiger partial charge in [0.2, 0.25) is 11.8 Å². The third kappa shape index (κ3) is 2.95. The van der Waals surface area contributed by atoms with E-state index >= 15 is 0 Å². The molecule has 1 atom stereocenters. The van der Waals surface area contributed by atoms with E-state index in [2.05, 4.69) is 5.32 Å². The van der Waals surface area contributed by atoms with Gasteiger partial charge in [-0.15, -0.1) is 0 Å². The number of nitrogens with two attached hydrogens (primary N) is 1. The maximum absolute atomic E-state index is 14.7. The first-order valence-corrected chi connectivity index (χ1v) is 9.27. The Labute approximate surface area is 160 Å². The second-order valence-electron chi connectivity index (χ2n) is 7.94. The van der Waals surface area contributed by atoms with E-state index in [9.17, 15) is 23.6 Å². The number of piperidine rings is 2. The number of imide groups is 2. The largest absolute Gasteiger partial charge is 0.369 e. The number of anilines is 1. The summed E-state index contributed by atoms with van der Waals surface area (Å²) < 4.78 is 14.7. The van der Waals surface area contributed by atoms with Gasteiger partial charge in [-0.25, -0.2) is 4.39 Å². The summed E-state index contributed by atoms with van der Waals surface area (Å²) in [4.78, 5) is 51.7. The normalized spacial score (nSPS) is 24.5. The van der Waals surface area contributed by atoms with Crippen LogP contribution in [0, 0.1) is 5.82 Å². The highest BCUT2D eigenvalue weighted by atomic mass is 19.1. The van der Waals surface area contributed by atoms with E-state index in [4.69, 9.17) is 5.73 Å². The Kier molecular flexibility index (Phi) is 4.22. The molecule has 1 unspecified atom stereocenters. The van der Waals surface area contributed by atoms with Crippen molar-refractivity contribution in [2.45, 2.75) is 44.2 Å². The summed E-state index contributed by atoms with van der Waals surface area (Å²) in [6.45, 7) is 3.03. The van der Waals surface area contributed by atoms with Crippen LogP contribution in [0.25, 0.3) is 0 Å². The summed E-state index contributed by atoms with van der Waals surface area (Å²) in [5.41, 5.74) is 6.08. The van der Waals surface area contributed by atoms with Gasteiger partial charge < -0.3 is 10.6 Å². The summed E-state index contributed by atoms with van der Waals surface area (Å²) in [7, 11) is 0. The molecule has 2 saturated heterocycles.